The van der Waals surface area contributed by atoms with Crippen molar-refractivity contribution in [1.29, 1.82) is 0 Å². The molecule has 0 aromatic heterocycles. The lowest BCUT2D eigenvalue weighted by atomic mass is 10.7. The van der Waals surface area contributed by atoms with Crippen molar-refractivity contribution in [2.75, 3.05) is 33.0 Å². The van der Waals surface area contributed by atoms with Crippen LogP contribution in [0, 0.1) is 0 Å². The Hall–Kier alpha value is -0.163. The van der Waals surface area contributed by atoms with E-state index in [-0.39, 0.29) is 0 Å². The van der Waals surface area contributed by atoms with Crippen LogP contribution in [-0.4, -0.2) is 41.4 Å². The highest BCUT2D eigenvalue weighted by atomic mass is 28.4. The maximum Gasteiger partial charge on any atom is 0.183 e. The average Bonchev–Trinajstić information content (AvgIpc) is 2.08. The molecule has 14 heavy (non-hydrogen) atoms. The second-order valence-electron chi connectivity index (χ2n) is 3.94. The van der Waals surface area contributed by atoms with Gasteiger partial charge in [-0.2, -0.15) is 0 Å². The molecule has 0 radical (unpaired) electrons. The van der Waals surface area contributed by atoms with Gasteiger partial charge in [-0.3, -0.25) is 0 Å². The van der Waals surface area contributed by atoms with Gasteiger partial charge >= 0.3 is 0 Å². The zero-order valence-corrected chi connectivity index (χ0v) is 10.5. The molecule has 0 amide bonds. The van der Waals surface area contributed by atoms with Crippen LogP contribution >= 0.6 is 0 Å². The zero-order chi connectivity index (χ0) is 10.9. The average molecular weight is 218 g/mol. The summed E-state index contributed by atoms with van der Waals surface area (Å²) in [6.07, 6.45) is 1.73. The molecule has 0 bridgehead atoms. The first-order chi connectivity index (χ1) is 6.56. The number of hydrogen-bond donors (Lipinski definition) is 0. The molecule has 84 valence electrons. The predicted molar refractivity (Wildman–Crippen MR) is 61.1 cm³/mol. The third kappa shape index (κ3) is 11.8. The van der Waals surface area contributed by atoms with Crippen molar-refractivity contribution >= 4 is 8.32 Å². The third-order valence-corrected chi connectivity index (χ3v) is 2.44. The van der Waals surface area contributed by atoms with Crippen LogP contribution < -0.4 is 0 Å². The number of rotatable bonds is 9. The lowest BCUT2D eigenvalue weighted by Crippen LogP contribution is -2.27. The molecule has 0 fully saturated rings. The smallest absolute Gasteiger partial charge is 0.183 e. The summed E-state index contributed by atoms with van der Waals surface area (Å²) in [5.41, 5.74) is 0. The van der Waals surface area contributed by atoms with Gasteiger partial charge in [0.15, 0.2) is 8.32 Å². The monoisotopic (exact) mass is 218 g/mol. The fourth-order valence-corrected chi connectivity index (χ4v) is 1.49. The highest BCUT2D eigenvalue weighted by Crippen LogP contribution is 2.01. The van der Waals surface area contributed by atoms with E-state index < -0.39 is 8.32 Å². The normalized spacial score (nSPS) is 11.6. The Balaban J connectivity index is 3.03. The van der Waals surface area contributed by atoms with Crippen LogP contribution in [0.1, 0.15) is 0 Å². The summed E-state index contributed by atoms with van der Waals surface area (Å²) in [6, 6.07) is 0. The SMILES string of the molecule is C=CCOCCOCCO[Si](C)(C)C. The quantitative estimate of drug-likeness (QED) is 0.337. The Morgan fingerprint density at radius 2 is 1.57 bits per heavy atom. The van der Waals surface area contributed by atoms with Crippen molar-refractivity contribution in [2.24, 2.45) is 0 Å². The number of hydrogen-bond acceptors (Lipinski definition) is 3. The lowest BCUT2D eigenvalue weighted by molar-refractivity contribution is 0.0439. The van der Waals surface area contributed by atoms with E-state index in [1.807, 2.05) is 0 Å². The summed E-state index contributed by atoms with van der Waals surface area (Å²) in [6.45, 7) is 13.2. The molecule has 3 nitrogen and oxygen atoms in total. The number of ether oxygens (including phenoxy) is 2. The summed E-state index contributed by atoms with van der Waals surface area (Å²) in [5.74, 6) is 0. The van der Waals surface area contributed by atoms with Crippen LogP contribution in [0.5, 0.6) is 0 Å². The Morgan fingerprint density at radius 3 is 2.14 bits per heavy atom. The molecule has 0 aliphatic heterocycles. The van der Waals surface area contributed by atoms with Gasteiger partial charge in [0.1, 0.15) is 0 Å². The van der Waals surface area contributed by atoms with E-state index in [1.165, 1.54) is 0 Å². The Labute approximate surface area is 88.2 Å². The molecule has 0 aliphatic carbocycles. The van der Waals surface area contributed by atoms with E-state index in [9.17, 15) is 0 Å². The lowest BCUT2D eigenvalue weighted by Gasteiger charge is -2.16. The van der Waals surface area contributed by atoms with E-state index in [0.717, 1.165) is 0 Å². The van der Waals surface area contributed by atoms with E-state index >= 15 is 0 Å². The van der Waals surface area contributed by atoms with Gasteiger partial charge in [-0.15, -0.1) is 6.58 Å². The molecule has 4 heteroatoms. The molecule has 0 spiro atoms. The van der Waals surface area contributed by atoms with Crippen LogP contribution in [-0.2, 0) is 13.9 Å². The highest BCUT2D eigenvalue weighted by Gasteiger charge is 2.12. The van der Waals surface area contributed by atoms with Crippen molar-refractivity contribution in [3.63, 3.8) is 0 Å². The Bertz CT molecular complexity index is 143. The summed E-state index contributed by atoms with van der Waals surface area (Å²) < 4.78 is 16.1. The van der Waals surface area contributed by atoms with Gasteiger partial charge in [-0.1, -0.05) is 6.08 Å². The second kappa shape index (κ2) is 8.17. The maximum atomic E-state index is 5.61. The largest absolute Gasteiger partial charge is 0.415 e. The minimum absolute atomic E-state index is 0.592. The molecule has 0 aromatic carbocycles. The van der Waals surface area contributed by atoms with E-state index in [2.05, 4.69) is 26.2 Å². The first kappa shape index (κ1) is 13.8. The van der Waals surface area contributed by atoms with Crippen molar-refractivity contribution < 1.29 is 13.9 Å². The van der Waals surface area contributed by atoms with Crippen molar-refractivity contribution in [2.45, 2.75) is 19.6 Å². The first-order valence-electron chi connectivity index (χ1n) is 4.96. The van der Waals surface area contributed by atoms with Gasteiger partial charge in [0.25, 0.3) is 0 Å². The van der Waals surface area contributed by atoms with Crippen molar-refractivity contribution in [3.05, 3.63) is 12.7 Å². The van der Waals surface area contributed by atoms with Crippen LogP contribution in [0.4, 0.5) is 0 Å². The van der Waals surface area contributed by atoms with Gasteiger partial charge in [0.2, 0.25) is 0 Å². The standard InChI is InChI=1S/C10H22O3Si/c1-5-6-11-7-8-12-9-10-13-14(2,3)4/h5H,1,6-10H2,2-4H3. The van der Waals surface area contributed by atoms with Gasteiger partial charge in [-0.05, 0) is 19.6 Å². The van der Waals surface area contributed by atoms with E-state index in [0.29, 0.717) is 33.0 Å². The fraction of sp³-hybridized carbons (Fsp3) is 0.800. The molecule has 0 atom stereocenters. The summed E-state index contributed by atoms with van der Waals surface area (Å²) >= 11 is 0. The summed E-state index contributed by atoms with van der Waals surface area (Å²) in [5, 5.41) is 0. The second-order valence-corrected chi connectivity index (χ2v) is 8.45. The molecule has 0 aromatic rings. The van der Waals surface area contributed by atoms with Crippen LogP contribution in [0.15, 0.2) is 12.7 Å². The zero-order valence-electron chi connectivity index (χ0n) is 9.54. The molecule has 0 saturated carbocycles. The molecule has 0 unspecified atom stereocenters. The van der Waals surface area contributed by atoms with Crippen LogP contribution in [0.2, 0.25) is 19.6 Å². The third-order valence-electron chi connectivity index (χ3n) is 1.37. The molecule has 0 N–H and O–H groups in total. The minimum atomic E-state index is -1.36. The summed E-state index contributed by atoms with van der Waals surface area (Å²) in [4.78, 5) is 0. The Morgan fingerprint density at radius 1 is 1.00 bits per heavy atom. The van der Waals surface area contributed by atoms with Crippen LogP contribution in [0.3, 0.4) is 0 Å². The van der Waals surface area contributed by atoms with Crippen molar-refractivity contribution in [1.82, 2.24) is 0 Å². The minimum Gasteiger partial charge on any atom is -0.415 e. The van der Waals surface area contributed by atoms with Crippen LogP contribution in [0.25, 0.3) is 0 Å². The molecular formula is C10H22O3Si. The van der Waals surface area contributed by atoms with E-state index in [4.69, 9.17) is 13.9 Å². The van der Waals surface area contributed by atoms with Gasteiger partial charge in [0, 0.05) is 0 Å². The molecule has 0 saturated heterocycles. The molecule has 0 heterocycles. The molecular weight excluding hydrogens is 196 g/mol. The Kier molecular flexibility index (Phi) is 8.08. The topological polar surface area (TPSA) is 27.7 Å². The van der Waals surface area contributed by atoms with Gasteiger partial charge < -0.3 is 13.9 Å². The fourth-order valence-electron chi connectivity index (χ4n) is 0.793. The summed E-state index contributed by atoms with van der Waals surface area (Å²) in [7, 11) is -1.36. The van der Waals surface area contributed by atoms with Gasteiger partial charge in [0.05, 0.1) is 33.0 Å². The van der Waals surface area contributed by atoms with Gasteiger partial charge in [-0.25, -0.2) is 0 Å². The maximum absolute atomic E-state index is 5.61. The first-order valence-corrected chi connectivity index (χ1v) is 8.37. The highest BCUT2D eigenvalue weighted by molar-refractivity contribution is 6.69. The molecule has 0 rings (SSSR count). The molecule has 0 aliphatic rings. The predicted octanol–water partition coefficient (Wildman–Crippen LogP) is 2.06. The van der Waals surface area contributed by atoms with Crippen molar-refractivity contribution in [3.8, 4) is 0 Å². The van der Waals surface area contributed by atoms with E-state index in [1.54, 1.807) is 6.08 Å².